The summed E-state index contributed by atoms with van der Waals surface area (Å²) >= 11 is 13.1. The zero-order valence-corrected chi connectivity index (χ0v) is 27.1. The topological polar surface area (TPSA) is 80.2 Å². The Balaban J connectivity index is 1.40. The molecule has 0 saturated carbocycles. The highest BCUT2D eigenvalue weighted by Gasteiger charge is 2.53. The Morgan fingerprint density at radius 1 is 0.936 bits per heavy atom. The summed E-state index contributed by atoms with van der Waals surface area (Å²) in [7, 11) is 0. The largest absolute Gasteiger partial charge is 0.494 e. The van der Waals surface area contributed by atoms with Gasteiger partial charge in [0.1, 0.15) is 5.75 Å². The Morgan fingerprint density at radius 2 is 1.70 bits per heavy atom. The minimum Gasteiger partial charge on any atom is -0.494 e. The molecule has 0 aliphatic carbocycles. The fraction of sp³-hybridized carbons (Fsp3) is 0.179. The Morgan fingerprint density at radius 3 is 2.49 bits per heavy atom. The van der Waals surface area contributed by atoms with Gasteiger partial charge < -0.3 is 19.9 Å². The molecule has 8 heteroatoms. The maximum Gasteiger partial charge on any atom is 0.252 e. The highest BCUT2D eigenvalue weighted by atomic mass is 35.5. The second-order valence-corrected chi connectivity index (χ2v) is 12.1. The third-order valence-electron chi connectivity index (χ3n) is 8.13. The Hall–Kier alpha value is -4.62. The second-order valence-electron chi connectivity index (χ2n) is 11.3. The van der Waals surface area contributed by atoms with E-state index < -0.39 is 11.6 Å². The number of carbonyl (C=O) groups excluding carboxylic acids is 1. The number of hydrogen-bond acceptors (Lipinski definition) is 5. The van der Waals surface area contributed by atoms with Gasteiger partial charge in [0.25, 0.3) is 5.91 Å². The molecule has 1 aliphatic rings. The van der Waals surface area contributed by atoms with Gasteiger partial charge in [-0.3, -0.25) is 4.79 Å². The third-order valence-corrected chi connectivity index (χ3v) is 8.70. The van der Waals surface area contributed by atoms with Crippen LogP contribution in [0.25, 0.3) is 16.8 Å². The fourth-order valence-electron chi connectivity index (χ4n) is 5.72. The van der Waals surface area contributed by atoms with E-state index in [1.165, 1.54) is 0 Å². The van der Waals surface area contributed by atoms with E-state index in [-0.39, 0.29) is 18.9 Å². The van der Waals surface area contributed by atoms with Crippen molar-refractivity contribution in [2.24, 2.45) is 4.99 Å². The maximum absolute atomic E-state index is 14.6. The van der Waals surface area contributed by atoms with Gasteiger partial charge in [-0.1, -0.05) is 114 Å². The van der Waals surface area contributed by atoms with Crippen LogP contribution in [0.3, 0.4) is 0 Å². The molecule has 1 heterocycles. The summed E-state index contributed by atoms with van der Waals surface area (Å²) in [5, 5.41) is 15.3. The van der Waals surface area contributed by atoms with Crippen molar-refractivity contribution in [1.29, 1.82) is 0 Å². The highest BCUT2D eigenvalue weighted by molar-refractivity contribution is 6.35. The zero-order valence-electron chi connectivity index (χ0n) is 25.6. The fourth-order valence-corrected chi connectivity index (χ4v) is 6.23. The van der Waals surface area contributed by atoms with Crippen molar-refractivity contribution < 1.29 is 19.4 Å². The first-order valence-electron chi connectivity index (χ1n) is 15.5. The van der Waals surface area contributed by atoms with Crippen LogP contribution in [0.2, 0.25) is 10.0 Å². The SMILES string of the molecule is O=C(NCc1cccc2ccccc12)[C@]1(C/C=C/c2ccccc2)N=C(c2ccc(OCCCO)cc2)O[C@@H]1c1ccc(Cl)cc1Cl. The number of ether oxygens (including phenoxy) is 2. The lowest BCUT2D eigenvalue weighted by molar-refractivity contribution is -0.129. The summed E-state index contributed by atoms with van der Waals surface area (Å²) in [5.41, 5.74) is 1.88. The predicted molar refractivity (Wildman–Crippen MR) is 189 cm³/mol. The standard InChI is InChI=1S/C39H34Cl2N2O4/c40-31-18-21-34(35(41)25-31)36-39(22-7-11-27-9-2-1-3-10-27,38(45)42-26-30-14-6-13-28-12-4-5-15-33(28)30)43-37(47-36)29-16-19-32(20-17-29)46-24-8-23-44/h1-7,9-21,25,36,44H,8,22-24,26H2,(H,42,45)/b11-7+/t36-,39-/m1/s1. The number of aliphatic hydroxyl groups is 1. The molecule has 5 aromatic rings. The average molecular weight is 666 g/mol. The van der Waals surface area contributed by atoms with E-state index in [4.69, 9.17) is 42.8 Å². The number of aliphatic hydroxyl groups excluding tert-OH is 1. The molecule has 1 aliphatic heterocycles. The summed E-state index contributed by atoms with van der Waals surface area (Å²) in [6, 6.07) is 36.6. The van der Waals surface area contributed by atoms with Crippen molar-refractivity contribution in [1.82, 2.24) is 5.32 Å². The first-order chi connectivity index (χ1) is 23.0. The number of fused-ring (bicyclic) bond motifs is 1. The molecule has 1 amide bonds. The van der Waals surface area contributed by atoms with E-state index in [9.17, 15) is 4.79 Å². The van der Waals surface area contributed by atoms with E-state index >= 15 is 0 Å². The van der Waals surface area contributed by atoms with Gasteiger partial charge in [0.15, 0.2) is 11.6 Å². The number of benzene rings is 5. The van der Waals surface area contributed by atoms with Crippen LogP contribution in [0.15, 0.2) is 126 Å². The summed E-state index contributed by atoms with van der Waals surface area (Å²) in [5.74, 6) is 0.678. The van der Waals surface area contributed by atoms with Crippen LogP contribution in [0, 0.1) is 0 Å². The molecule has 6 nitrogen and oxygen atoms in total. The van der Waals surface area contributed by atoms with E-state index in [2.05, 4.69) is 23.5 Å². The van der Waals surface area contributed by atoms with Gasteiger partial charge in [0.2, 0.25) is 5.90 Å². The number of hydrogen-bond donors (Lipinski definition) is 2. The van der Waals surface area contributed by atoms with Gasteiger partial charge >= 0.3 is 0 Å². The Bertz CT molecular complexity index is 1910. The zero-order chi connectivity index (χ0) is 32.6. The average Bonchev–Trinajstić information content (AvgIpc) is 3.48. The molecule has 238 valence electrons. The second kappa shape index (κ2) is 14.9. The van der Waals surface area contributed by atoms with Crippen LogP contribution in [-0.2, 0) is 16.1 Å². The molecule has 0 aromatic heterocycles. The van der Waals surface area contributed by atoms with Crippen molar-refractivity contribution in [3.63, 3.8) is 0 Å². The summed E-state index contributed by atoms with van der Waals surface area (Å²) in [6.45, 7) is 0.759. The van der Waals surface area contributed by atoms with E-state index in [0.29, 0.717) is 52.4 Å². The highest BCUT2D eigenvalue weighted by Crippen LogP contribution is 2.45. The number of aliphatic imine (C=N–C) groups is 1. The summed E-state index contributed by atoms with van der Waals surface area (Å²) in [6.07, 6.45) is 3.85. The number of carbonyl (C=O) groups is 1. The summed E-state index contributed by atoms with van der Waals surface area (Å²) in [4.78, 5) is 19.7. The van der Waals surface area contributed by atoms with E-state index in [0.717, 1.165) is 21.9 Å². The molecule has 0 bridgehead atoms. The number of nitrogens with zero attached hydrogens (tertiary/aromatic N) is 1. The number of rotatable bonds is 12. The molecule has 0 fully saturated rings. The van der Waals surface area contributed by atoms with Gasteiger partial charge in [0.05, 0.1) is 6.61 Å². The smallest absolute Gasteiger partial charge is 0.252 e. The lowest BCUT2D eigenvalue weighted by Gasteiger charge is -2.30. The van der Waals surface area contributed by atoms with Crippen LogP contribution < -0.4 is 10.1 Å². The van der Waals surface area contributed by atoms with Crippen LogP contribution in [-0.4, -0.2) is 35.7 Å². The van der Waals surface area contributed by atoms with Gasteiger partial charge in [-0.25, -0.2) is 4.99 Å². The van der Waals surface area contributed by atoms with E-state index in [1.54, 1.807) is 18.2 Å². The minimum atomic E-state index is -1.40. The van der Waals surface area contributed by atoms with Crippen LogP contribution >= 0.6 is 23.2 Å². The van der Waals surface area contributed by atoms with Crippen LogP contribution in [0.1, 0.15) is 41.2 Å². The van der Waals surface area contributed by atoms with Crippen LogP contribution in [0.5, 0.6) is 5.75 Å². The number of halogens is 2. The summed E-state index contributed by atoms with van der Waals surface area (Å²) < 4.78 is 12.3. The third kappa shape index (κ3) is 7.36. The Labute approximate surface area is 284 Å². The van der Waals surface area contributed by atoms with Crippen molar-refractivity contribution in [2.75, 3.05) is 13.2 Å². The lowest BCUT2D eigenvalue weighted by Crippen LogP contribution is -2.47. The molecule has 5 aromatic carbocycles. The maximum atomic E-state index is 14.6. The first-order valence-corrected chi connectivity index (χ1v) is 16.2. The van der Waals surface area contributed by atoms with Gasteiger partial charge in [-0.2, -0.15) is 0 Å². The molecule has 0 unspecified atom stereocenters. The molecule has 2 N–H and O–H groups in total. The van der Waals surface area contributed by atoms with Crippen molar-refractivity contribution >= 4 is 51.9 Å². The monoisotopic (exact) mass is 664 g/mol. The number of amides is 1. The van der Waals surface area contributed by atoms with E-state index in [1.807, 2.05) is 91.0 Å². The Kier molecular flexibility index (Phi) is 10.2. The predicted octanol–water partition coefficient (Wildman–Crippen LogP) is 8.58. The van der Waals surface area contributed by atoms with Gasteiger partial charge in [-0.15, -0.1) is 0 Å². The molecule has 0 saturated heterocycles. The first kappa shape index (κ1) is 32.3. The van der Waals surface area contributed by atoms with Crippen LogP contribution in [0.4, 0.5) is 0 Å². The van der Waals surface area contributed by atoms with Crippen molar-refractivity contribution in [3.05, 3.63) is 154 Å². The normalized spacial score (nSPS) is 17.4. The molecule has 0 spiro atoms. The van der Waals surface area contributed by atoms with Crippen molar-refractivity contribution in [2.45, 2.75) is 31.0 Å². The molecule has 2 atom stereocenters. The number of nitrogens with one attached hydrogen (secondary N) is 1. The molecule has 6 rings (SSSR count). The van der Waals surface area contributed by atoms with Gasteiger partial charge in [-0.05, 0) is 58.3 Å². The van der Waals surface area contributed by atoms with Gasteiger partial charge in [0, 0.05) is 47.2 Å². The molecule has 47 heavy (non-hydrogen) atoms. The molecular formula is C39H34Cl2N2O4. The van der Waals surface area contributed by atoms with Crippen molar-refractivity contribution in [3.8, 4) is 5.75 Å². The minimum absolute atomic E-state index is 0.0563. The quantitative estimate of drug-likeness (QED) is 0.131. The lowest BCUT2D eigenvalue weighted by atomic mass is 9.84. The molecule has 0 radical (unpaired) electrons. The molecular weight excluding hydrogens is 631 g/mol.